The number of ether oxygens (including phenoxy) is 1. The Balaban J connectivity index is 1.61. The summed E-state index contributed by atoms with van der Waals surface area (Å²) in [4.78, 5) is 28.7. The number of anilines is 1. The van der Waals surface area contributed by atoms with Gasteiger partial charge in [0.25, 0.3) is 0 Å². The Morgan fingerprint density at radius 2 is 2.04 bits per heavy atom. The number of amides is 2. The number of amidine groups is 1. The van der Waals surface area contributed by atoms with E-state index < -0.39 is 5.25 Å². The molecule has 0 bridgehead atoms. The summed E-state index contributed by atoms with van der Waals surface area (Å²) >= 11 is 1.26. The van der Waals surface area contributed by atoms with E-state index in [2.05, 4.69) is 15.6 Å². The number of methoxy groups -OCH3 is 1. The monoisotopic (exact) mass is 369 g/mol. The molecule has 2 aromatic rings. The average molecular weight is 369 g/mol. The molecule has 134 valence electrons. The van der Waals surface area contributed by atoms with Crippen LogP contribution in [0.5, 0.6) is 5.75 Å². The Morgan fingerprint density at radius 1 is 1.27 bits per heavy atom. The number of rotatable bonds is 5. The molecular weight excluding hydrogens is 350 g/mol. The summed E-state index contributed by atoms with van der Waals surface area (Å²) < 4.78 is 5.16. The van der Waals surface area contributed by atoms with Crippen LogP contribution in [0.1, 0.15) is 12.0 Å². The van der Waals surface area contributed by atoms with Crippen molar-refractivity contribution >= 4 is 40.1 Å². The molecule has 6 nitrogen and oxygen atoms in total. The first-order chi connectivity index (χ1) is 12.5. The van der Waals surface area contributed by atoms with E-state index in [1.807, 2.05) is 49.4 Å². The van der Waals surface area contributed by atoms with Gasteiger partial charge in [-0.3, -0.25) is 9.59 Å². The van der Waals surface area contributed by atoms with E-state index in [1.54, 1.807) is 13.2 Å². The van der Waals surface area contributed by atoms with Crippen molar-refractivity contribution in [2.24, 2.45) is 4.99 Å². The van der Waals surface area contributed by atoms with Gasteiger partial charge in [0.05, 0.1) is 12.8 Å². The standard InChI is InChI=1S/C19H19N3O3S/c1-12-6-8-13(9-7-12)20-17(23)11-16-18(24)22-19(26-16)21-14-4-3-5-15(10-14)25-2/h3-10,16H,11H2,1-2H3,(H,20,23)(H,21,22,24)/t16-/m1/s1. The molecule has 0 aromatic heterocycles. The highest BCUT2D eigenvalue weighted by molar-refractivity contribution is 8.15. The fourth-order valence-electron chi connectivity index (χ4n) is 2.41. The summed E-state index contributed by atoms with van der Waals surface area (Å²) in [7, 11) is 1.58. The van der Waals surface area contributed by atoms with Crippen LogP contribution in [0, 0.1) is 6.92 Å². The van der Waals surface area contributed by atoms with E-state index in [-0.39, 0.29) is 18.2 Å². The van der Waals surface area contributed by atoms with Crippen LogP contribution in [0.2, 0.25) is 0 Å². The van der Waals surface area contributed by atoms with Gasteiger partial charge in [-0.15, -0.1) is 0 Å². The maximum absolute atomic E-state index is 12.2. The van der Waals surface area contributed by atoms with Crippen LogP contribution in [0.4, 0.5) is 11.4 Å². The molecule has 26 heavy (non-hydrogen) atoms. The zero-order chi connectivity index (χ0) is 18.5. The van der Waals surface area contributed by atoms with E-state index in [1.165, 1.54) is 11.8 Å². The van der Waals surface area contributed by atoms with Gasteiger partial charge in [0.1, 0.15) is 11.0 Å². The zero-order valence-electron chi connectivity index (χ0n) is 14.5. The maximum Gasteiger partial charge on any atom is 0.240 e. The summed E-state index contributed by atoms with van der Waals surface area (Å²) in [5.41, 5.74) is 2.51. The highest BCUT2D eigenvalue weighted by Gasteiger charge is 2.32. The van der Waals surface area contributed by atoms with E-state index in [9.17, 15) is 9.59 Å². The molecule has 1 saturated heterocycles. The normalized spacial score (nSPS) is 17.8. The molecular formula is C19H19N3O3S. The minimum atomic E-state index is -0.496. The Kier molecular flexibility index (Phi) is 5.58. The molecule has 7 heteroatoms. The number of nitrogens with one attached hydrogen (secondary N) is 2. The predicted octanol–water partition coefficient (Wildman–Crippen LogP) is 3.25. The summed E-state index contributed by atoms with van der Waals surface area (Å²) in [6.07, 6.45) is 0.0848. The molecule has 3 rings (SSSR count). The van der Waals surface area contributed by atoms with Gasteiger partial charge in [-0.25, -0.2) is 4.99 Å². The molecule has 1 fully saturated rings. The average Bonchev–Trinajstić information content (AvgIpc) is 2.96. The molecule has 1 heterocycles. The third-order valence-electron chi connectivity index (χ3n) is 3.77. The van der Waals surface area contributed by atoms with E-state index in [0.29, 0.717) is 22.3 Å². The number of aryl methyl sites for hydroxylation is 1. The summed E-state index contributed by atoms with van der Waals surface area (Å²) in [6, 6.07) is 14.8. The lowest BCUT2D eigenvalue weighted by atomic mass is 10.2. The number of aliphatic imine (C=N–C) groups is 1. The van der Waals surface area contributed by atoms with Crippen molar-refractivity contribution in [3.05, 3.63) is 54.1 Å². The number of thioether (sulfide) groups is 1. The van der Waals surface area contributed by atoms with Crippen LogP contribution in [0.15, 0.2) is 53.5 Å². The van der Waals surface area contributed by atoms with Crippen LogP contribution >= 0.6 is 11.8 Å². The van der Waals surface area contributed by atoms with Gasteiger partial charge in [-0.1, -0.05) is 35.5 Å². The SMILES string of the molecule is COc1cccc(N=C2NC(=O)[C@@H](CC(=O)Nc3ccc(C)cc3)S2)c1. The van der Waals surface area contributed by atoms with Gasteiger partial charge < -0.3 is 15.4 Å². The van der Waals surface area contributed by atoms with Gasteiger partial charge in [0.15, 0.2) is 5.17 Å². The highest BCUT2D eigenvalue weighted by Crippen LogP contribution is 2.27. The second-order valence-electron chi connectivity index (χ2n) is 5.83. The van der Waals surface area contributed by atoms with Gasteiger partial charge in [-0.05, 0) is 31.2 Å². The van der Waals surface area contributed by atoms with Crippen LogP contribution in [-0.2, 0) is 9.59 Å². The minimum absolute atomic E-state index is 0.0848. The zero-order valence-corrected chi connectivity index (χ0v) is 15.3. The number of hydrogen-bond acceptors (Lipinski definition) is 5. The summed E-state index contributed by atoms with van der Waals surface area (Å²) in [5, 5.41) is 5.51. The quantitative estimate of drug-likeness (QED) is 0.848. The van der Waals surface area contributed by atoms with Crippen molar-refractivity contribution in [1.82, 2.24) is 5.32 Å². The summed E-state index contributed by atoms with van der Waals surface area (Å²) in [5.74, 6) is 0.273. The molecule has 0 saturated carbocycles. The van der Waals surface area contributed by atoms with Crippen LogP contribution in [-0.4, -0.2) is 29.3 Å². The molecule has 0 unspecified atom stereocenters. The number of carbonyl (C=O) groups excluding carboxylic acids is 2. The number of nitrogens with zero attached hydrogens (tertiary/aromatic N) is 1. The van der Waals surface area contributed by atoms with E-state index in [4.69, 9.17) is 4.74 Å². The fourth-order valence-corrected chi connectivity index (χ4v) is 3.39. The lowest BCUT2D eigenvalue weighted by Crippen LogP contribution is -2.28. The van der Waals surface area contributed by atoms with Gasteiger partial charge in [0, 0.05) is 18.2 Å². The third-order valence-corrected chi connectivity index (χ3v) is 4.85. The second kappa shape index (κ2) is 8.05. The molecule has 0 aliphatic carbocycles. The van der Waals surface area contributed by atoms with Crippen molar-refractivity contribution in [3.63, 3.8) is 0 Å². The first-order valence-electron chi connectivity index (χ1n) is 8.10. The third kappa shape index (κ3) is 4.64. The largest absolute Gasteiger partial charge is 0.497 e. The Hall–Kier alpha value is -2.80. The Bertz CT molecular complexity index is 849. The molecule has 2 amide bonds. The fraction of sp³-hybridized carbons (Fsp3) is 0.211. The van der Waals surface area contributed by atoms with Gasteiger partial charge in [0.2, 0.25) is 11.8 Å². The molecule has 1 atom stereocenters. The van der Waals surface area contributed by atoms with Crippen molar-refractivity contribution < 1.29 is 14.3 Å². The van der Waals surface area contributed by atoms with E-state index >= 15 is 0 Å². The van der Waals surface area contributed by atoms with Crippen LogP contribution in [0.3, 0.4) is 0 Å². The number of benzene rings is 2. The Morgan fingerprint density at radius 3 is 2.77 bits per heavy atom. The maximum atomic E-state index is 12.2. The van der Waals surface area contributed by atoms with Crippen LogP contribution in [0.25, 0.3) is 0 Å². The molecule has 0 radical (unpaired) electrons. The minimum Gasteiger partial charge on any atom is -0.497 e. The molecule has 1 aliphatic heterocycles. The molecule has 0 spiro atoms. The lowest BCUT2D eigenvalue weighted by molar-refractivity contribution is -0.122. The van der Waals surface area contributed by atoms with Crippen molar-refractivity contribution in [3.8, 4) is 5.75 Å². The van der Waals surface area contributed by atoms with Gasteiger partial charge in [-0.2, -0.15) is 0 Å². The summed E-state index contributed by atoms with van der Waals surface area (Å²) in [6.45, 7) is 1.98. The first kappa shape index (κ1) is 18.0. The van der Waals surface area contributed by atoms with Crippen molar-refractivity contribution in [2.75, 3.05) is 12.4 Å². The second-order valence-corrected chi connectivity index (χ2v) is 7.02. The van der Waals surface area contributed by atoms with Gasteiger partial charge >= 0.3 is 0 Å². The number of hydrogen-bond donors (Lipinski definition) is 2. The van der Waals surface area contributed by atoms with E-state index in [0.717, 1.165) is 5.56 Å². The number of carbonyl (C=O) groups is 2. The Labute approximate surface area is 156 Å². The van der Waals surface area contributed by atoms with Crippen molar-refractivity contribution in [1.29, 1.82) is 0 Å². The van der Waals surface area contributed by atoms with Crippen LogP contribution < -0.4 is 15.4 Å². The van der Waals surface area contributed by atoms with Crippen molar-refractivity contribution in [2.45, 2.75) is 18.6 Å². The molecule has 1 aliphatic rings. The lowest BCUT2D eigenvalue weighted by Gasteiger charge is -2.07. The smallest absolute Gasteiger partial charge is 0.240 e. The predicted molar refractivity (Wildman–Crippen MR) is 104 cm³/mol. The first-order valence-corrected chi connectivity index (χ1v) is 8.98. The molecule has 2 aromatic carbocycles. The topological polar surface area (TPSA) is 79.8 Å². The molecule has 2 N–H and O–H groups in total. The highest BCUT2D eigenvalue weighted by atomic mass is 32.2.